The molecule has 0 spiro atoms. The molecular weight excluding hydrogens is 260 g/mol. The van der Waals surface area contributed by atoms with Gasteiger partial charge in [0.05, 0.1) is 25.9 Å². The van der Waals surface area contributed by atoms with Gasteiger partial charge in [0.1, 0.15) is 18.9 Å². The van der Waals surface area contributed by atoms with Crippen LogP contribution in [0.4, 0.5) is 5.69 Å². The maximum absolute atomic E-state index is 8.82. The standard InChI is InChI=1S/C13H16N4O3/c18-4-3-17-9-11(15-16-17)8-14-10-1-2-12-13(7-10)20-6-5-19-12/h1-2,7,9,14,18H,3-6,8H2. The Morgan fingerprint density at radius 2 is 2.10 bits per heavy atom. The first-order chi connectivity index (χ1) is 9.85. The highest BCUT2D eigenvalue weighted by Crippen LogP contribution is 2.32. The molecule has 1 aliphatic rings. The lowest BCUT2D eigenvalue weighted by Gasteiger charge is -2.19. The number of anilines is 1. The van der Waals surface area contributed by atoms with Gasteiger partial charge in [-0.15, -0.1) is 5.10 Å². The number of aliphatic hydroxyl groups excluding tert-OH is 1. The number of aromatic nitrogens is 3. The van der Waals surface area contributed by atoms with Gasteiger partial charge in [-0.1, -0.05) is 5.21 Å². The first-order valence-electron chi connectivity index (χ1n) is 6.48. The number of benzene rings is 1. The minimum atomic E-state index is 0.0540. The molecule has 106 valence electrons. The molecule has 20 heavy (non-hydrogen) atoms. The molecule has 0 amide bonds. The van der Waals surface area contributed by atoms with Crippen molar-refractivity contribution in [1.29, 1.82) is 0 Å². The third-order valence-electron chi connectivity index (χ3n) is 2.93. The normalized spacial score (nSPS) is 13.2. The van der Waals surface area contributed by atoms with Crippen LogP contribution in [0.2, 0.25) is 0 Å². The summed E-state index contributed by atoms with van der Waals surface area (Å²) in [6, 6.07) is 5.73. The van der Waals surface area contributed by atoms with E-state index in [4.69, 9.17) is 14.6 Å². The maximum atomic E-state index is 8.82. The van der Waals surface area contributed by atoms with Crippen molar-refractivity contribution in [1.82, 2.24) is 15.0 Å². The zero-order valence-electron chi connectivity index (χ0n) is 11.0. The minimum absolute atomic E-state index is 0.0540. The van der Waals surface area contributed by atoms with Crippen LogP contribution in [0.1, 0.15) is 5.69 Å². The summed E-state index contributed by atoms with van der Waals surface area (Å²) in [5.41, 5.74) is 1.75. The number of aliphatic hydroxyl groups is 1. The van der Waals surface area contributed by atoms with Crippen molar-refractivity contribution in [3.8, 4) is 11.5 Å². The summed E-state index contributed by atoms with van der Waals surface area (Å²) in [6.45, 7) is 2.24. The van der Waals surface area contributed by atoms with Crippen molar-refractivity contribution in [2.75, 3.05) is 25.1 Å². The fourth-order valence-corrected chi connectivity index (χ4v) is 1.98. The van der Waals surface area contributed by atoms with Gasteiger partial charge in [-0.05, 0) is 12.1 Å². The zero-order chi connectivity index (χ0) is 13.8. The van der Waals surface area contributed by atoms with E-state index < -0.39 is 0 Å². The summed E-state index contributed by atoms with van der Waals surface area (Å²) >= 11 is 0. The monoisotopic (exact) mass is 276 g/mol. The third kappa shape index (κ3) is 2.83. The second-order valence-electron chi connectivity index (χ2n) is 4.41. The van der Waals surface area contributed by atoms with Gasteiger partial charge in [-0.25, -0.2) is 4.68 Å². The van der Waals surface area contributed by atoms with E-state index in [1.54, 1.807) is 10.9 Å². The summed E-state index contributed by atoms with van der Waals surface area (Å²) in [5.74, 6) is 1.53. The van der Waals surface area contributed by atoms with Crippen LogP contribution in [-0.4, -0.2) is 39.9 Å². The lowest BCUT2D eigenvalue weighted by atomic mass is 10.2. The Morgan fingerprint density at radius 1 is 1.25 bits per heavy atom. The highest BCUT2D eigenvalue weighted by Gasteiger charge is 2.11. The second kappa shape index (κ2) is 5.79. The first kappa shape index (κ1) is 12.7. The van der Waals surface area contributed by atoms with Crippen LogP contribution in [0.25, 0.3) is 0 Å². The summed E-state index contributed by atoms with van der Waals surface area (Å²) in [7, 11) is 0. The smallest absolute Gasteiger partial charge is 0.163 e. The van der Waals surface area contributed by atoms with Crippen LogP contribution in [-0.2, 0) is 13.1 Å². The molecule has 1 aromatic heterocycles. The number of hydrogen-bond donors (Lipinski definition) is 2. The molecule has 2 heterocycles. The quantitative estimate of drug-likeness (QED) is 0.834. The van der Waals surface area contributed by atoms with Crippen LogP contribution in [0.5, 0.6) is 11.5 Å². The predicted octanol–water partition coefficient (Wildman–Crippen LogP) is 0.654. The van der Waals surface area contributed by atoms with Crippen molar-refractivity contribution in [2.24, 2.45) is 0 Å². The largest absolute Gasteiger partial charge is 0.486 e. The average Bonchev–Trinajstić information content (AvgIpc) is 2.93. The molecule has 0 fully saturated rings. The van der Waals surface area contributed by atoms with Gasteiger partial charge in [-0.3, -0.25) is 0 Å². The van der Waals surface area contributed by atoms with E-state index in [1.165, 1.54) is 0 Å². The SMILES string of the molecule is OCCn1cc(CNc2ccc3c(c2)OCCO3)nn1. The summed E-state index contributed by atoms with van der Waals surface area (Å²) in [5, 5.41) is 20.0. The van der Waals surface area contributed by atoms with Crippen molar-refractivity contribution in [2.45, 2.75) is 13.1 Å². The van der Waals surface area contributed by atoms with Crippen LogP contribution >= 0.6 is 0 Å². The Bertz CT molecular complexity index is 585. The number of hydrogen-bond acceptors (Lipinski definition) is 6. The number of nitrogens with zero attached hydrogens (tertiary/aromatic N) is 3. The van der Waals surface area contributed by atoms with Crippen molar-refractivity contribution >= 4 is 5.69 Å². The second-order valence-corrected chi connectivity index (χ2v) is 4.41. The van der Waals surface area contributed by atoms with E-state index in [9.17, 15) is 0 Å². The molecule has 1 aromatic carbocycles. The van der Waals surface area contributed by atoms with Gasteiger partial charge in [0.25, 0.3) is 0 Å². The van der Waals surface area contributed by atoms with E-state index in [0.29, 0.717) is 26.3 Å². The van der Waals surface area contributed by atoms with E-state index in [-0.39, 0.29) is 6.61 Å². The van der Waals surface area contributed by atoms with Gasteiger partial charge >= 0.3 is 0 Å². The zero-order valence-corrected chi connectivity index (χ0v) is 11.0. The molecule has 2 N–H and O–H groups in total. The molecule has 7 heteroatoms. The predicted molar refractivity (Wildman–Crippen MR) is 71.9 cm³/mol. The number of fused-ring (bicyclic) bond motifs is 1. The Kier molecular flexibility index (Phi) is 3.69. The van der Waals surface area contributed by atoms with Gasteiger partial charge in [0, 0.05) is 11.8 Å². The van der Waals surface area contributed by atoms with E-state index in [2.05, 4.69) is 15.6 Å². The maximum Gasteiger partial charge on any atom is 0.163 e. The molecule has 7 nitrogen and oxygen atoms in total. The number of rotatable bonds is 5. The molecule has 0 unspecified atom stereocenters. The molecule has 0 atom stereocenters. The van der Waals surface area contributed by atoms with Crippen LogP contribution in [0.15, 0.2) is 24.4 Å². The molecule has 3 rings (SSSR count). The van der Waals surface area contributed by atoms with Gasteiger partial charge in [0.2, 0.25) is 0 Å². The molecule has 0 saturated heterocycles. The highest BCUT2D eigenvalue weighted by molar-refractivity contribution is 5.55. The summed E-state index contributed by atoms with van der Waals surface area (Å²) < 4.78 is 12.6. The van der Waals surface area contributed by atoms with Crippen LogP contribution in [0.3, 0.4) is 0 Å². The molecule has 0 bridgehead atoms. The lowest BCUT2D eigenvalue weighted by molar-refractivity contribution is 0.171. The summed E-state index contributed by atoms with van der Waals surface area (Å²) in [6.07, 6.45) is 1.81. The van der Waals surface area contributed by atoms with Crippen molar-refractivity contribution < 1.29 is 14.6 Å². The highest BCUT2D eigenvalue weighted by atomic mass is 16.6. The Hall–Kier alpha value is -2.28. The fraction of sp³-hybridized carbons (Fsp3) is 0.385. The van der Waals surface area contributed by atoms with Crippen LogP contribution < -0.4 is 14.8 Å². The van der Waals surface area contributed by atoms with Crippen molar-refractivity contribution in [3.63, 3.8) is 0 Å². The molecule has 0 aliphatic carbocycles. The molecular formula is C13H16N4O3. The average molecular weight is 276 g/mol. The molecule has 2 aromatic rings. The number of nitrogens with one attached hydrogen (secondary N) is 1. The van der Waals surface area contributed by atoms with Gasteiger partial charge < -0.3 is 19.9 Å². The molecule has 0 radical (unpaired) electrons. The van der Waals surface area contributed by atoms with E-state index in [0.717, 1.165) is 22.9 Å². The molecule has 0 saturated carbocycles. The van der Waals surface area contributed by atoms with Gasteiger partial charge in [0.15, 0.2) is 11.5 Å². The van der Waals surface area contributed by atoms with E-state index in [1.807, 2.05) is 18.2 Å². The van der Waals surface area contributed by atoms with E-state index >= 15 is 0 Å². The molecule has 1 aliphatic heterocycles. The first-order valence-corrected chi connectivity index (χ1v) is 6.48. The topological polar surface area (TPSA) is 81.4 Å². The lowest BCUT2D eigenvalue weighted by Crippen LogP contribution is -2.15. The Labute approximate surface area is 116 Å². The minimum Gasteiger partial charge on any atom is -0.486 e. The Balaban J connectivity index is 1.62. The van der Waals surface area contributed by atoms with Crippen LogP contribution in [0, 0.1) is 0 Å². The van der Waals surface area contributed by atoms with Gasteiger partial charge in [-0.2, -0.15) is 0 Å². The Morgan fingerprint density at radius 3 is 2.95 bits per heavy atom. The summed E-state index contributed by atoms with van der Waals surface area (Å²) in [4.78, 5) is 0. The third-order valence-corrected chi connectivity index (χ3v) is 2.93. The fourth-order valence-electron chi connectivity index (χ4n) is 1.98. The van der Waals surface area contributed by atoms with Crippen molar-refractivity contribution in [3.05, 3.63) is 30.1 Å². The number of ether oxygens (including phenoxy) is 2.